The molecule has 0 saturated carbocycles. The van der Waals surface area contributed by atoms with Gasteiger partial charge in [-0.05, 0) is 19.8 Å². The van der Waals surface area contributed by atoms with Crippen molar-refractivity contribution in [2.45, 2.75) is 38.3 Å². The number of carbonyl (C=O) groups is 2. The van der Waals surface area contributed by atoms with E-state index in [1.807, 2.05) is 19.1 Å². The molecule has 7 heteroatoms. The third kappa shape index (κ3) is 3.94. The van der Waals surface area contributed by atoms with Crippen molar-refractivity contribution >= 4 is 11.8 Å². The molecule has 22 heavy (non-hydrogen) atoms. The number of nitrogens with zero attached hydrogens (tertiary/aromatic N) is 2. The van der Waals surface area contributed by atoms with Gasteiger partial charge in [-0.2, -0.15) is 0 Å². The lowest BCUT2D eigenvalue weighted by Crippen LogP contribution is -2.51. The average molecular weight is 305 g/mol. The highest BCUT2D eigenvalue weighted by Gasteiger charge is 2.35. The van der Waals surface area contributed by atoms with E-state index in [-0.39, 0.29) is 11.8 Å². The molecule has 1 aromatic rings. The number of nitrogens with two attached hydrogens (primary N) is 1. The lowest BCUT2D eigenvalue weighted by molar-refractivity contribution is -0.139. The van der Waals surface area contributed by atoms with Crippen LogP contribution < -0.4 is 11.1 Å². The van der Waals surface area contributed by atoms with Crippen LogP contribution in [0.15, 0.2) is 24.7 Å². The second kappa shape index (κ2) is 7.74. The molecular formula is C15H23N5O2. The first kappa shape index (κ1) is 16.2. The van der Waals surface area contributed by atoms with E-state index in [9.17, 15) is 9.59 Å². The molecule has 0 bridgehead atoms. The molecule has 4 N–H and O–H groups in total. The Kier molecular flexibility index (Phi) is 5.71. The summed E-state index contributed by atoms with van der Waals surface area (Å²) in [6, 6.07) is -1.07. The van der Waals surface area contributed by atoms with Crippen LogP contribution in [0.3, 0.4) is 0 Å². The Morgan fingerprint density at radius 2 is 2.45 bits per heavy atom. The first-order valence-electron chi connectivity index (χ1n) is 7.55. The molecule has 2 rings (SSSR count). The van der Waals surface area contributed by atoms with E-state index in [2.05, 4.69) is 15.3 Å². The molecule has 1 fully saturated rings. The van der Waals surface area contributed by atoms with Crippen LogP contribution in [-0.2, 0) is 16.0 Å². The maximum Gasteiger partial charge on any atom is 0.243 e. The Balaban J connectivity index is 1.93. The Labute approximate surface area is 130 Å². The van der Waals surface area contributed by atoms with E-state index in [1.165, 1.54) is 0 Å². The topological polar surface area (TPSA) is 104 Å². The molecule has 1 aliphatic rings. The van der Waals surface area contributed by atoms with E-state index in [4.69, 9.17) is 5.73 Å². The molecule has 1 saturated heterocycles. The first-order chi connectivity index (χ1) is 10.6. The summed E-state index contributed by atoms with van der Waals surface area (Å²) in [5.41, 5.74) is 6.80. The molecule has 0 unspecified atom stereocenters. The van der Waals surface area contributed by atoms with E-state index >= 15 is 0 Å². The normalized spacial score (nSPS) is 19.5. The second-order valence-electron chi connectivity index (χ2n) is 5.39. The van der Waals surface area contributed by atoms with Gasteiger partial charge in [0.25, 0.3) is 0 Å². The minimum Gasteiger partial charge on any atom is -0.351 e. The molecule has 1 aliphatic heterocycles. The van der Waals surface area contributed by atoms with Crippen LogP contribution in [0, 0.1) is 0 Å². The monoisotopic (exact) mass is 305 g/mol. The number of aromatic nitrogens is 2. The summed E-state index contributed by atoms with van der Waals surface area (Å²) < 4.78 is 0. The fraction of sp³-hybridized carbons (Fsp3) is 0.533. The van der Waals surface area contributed by atoms with Gasteiger partial charge in [0.1, 0.15) is 6.04 Å². The SMILES string of the molecule is CC=CCNC(=O)[C@@H]1CCCN1C(=O)[C@@H](N)Cc1cnc[nH]1. The van der Waals surface area contributed by atoms with Gasteiger partial charge in [-0.1, -0.05) is 12.2 Å². The van der Waals surface area contributed by atoms with Gasteiger partial charge < -0.3 is 20.9 Å². The number of rotatable bonds is 6. The number of nitrogens with one attached hydrogen (secondary N) is 2. The third-order valence-corrected chi connectivity index (χ3v) is 3.78. The Hall–Kier alpha value is -2.15. The van der Waals surface area contributed by atoms with Crippen molar-refractivity contribution in [3.05, 3.63) is 30.4 Å². The second-order valence-corrected chi connectivity index (χ2v) is 5.39. The summed E-state index contributed by atoms with van der Waals surface area (Å²) in [5, 5.41) is 2.82. The van der Waals surface area contributed by atoms with Gasteiger partial charge in [-0.3, -0.25) is 9.59 Å². The zero-order valence-corrected chi connectivity index (χ0v) is 12.8. The summed E-state index contributed by atoms with van der Waals surface area (Å²) in [7, 11) is 0. The van der Waals surface area contributed by atoms with Crippen LogP contribution >= 0.6 is 0 Å². The van der Waals surface area contributed by atoms with Crippen molar-refractivity contribution < 1.29 is 9.59 Å². The summed E-state index contributed by atoms with van der Waals surface area (Å²) in [4.78, 5) is 33.1. The van der Waals surface area contributed by atoms with Gasteiger partial charge in [0, 0.05) is 31.4 Å². The molecule has 2 amide bonds. The van der Waals surface area contributed by atoms with Crippen molar-refractivity contribution in [3.8, 4) is 0 Å². The summed E-state index contributed by atoms with van der Waals surface area (Å²) in [6.45, 7) is 2.96. The fourth-order valence-electron chi connectivity index (χ4n) is 2.63. The van der Waals surface area contributed by atoms with Gasteiger partial charge in [0.15, 0.2) is 0 Å². The molecule has 0 spiro atoms. The zero-order chi connectivity index (χ0) is 15.9. The molecule has 0 aliphatic carbocycles. The van der Waals surface area contributed by atoms with Crippen LogP contribution in [0.5, 0.6) is 0 Å². The van der Waals surface area contributed by atoms with Crippen LogP contribution in [0.2, 0.25) is 0 Å². The number of likely N-dealkylation sites (tertiary alicyclic amines) is 1. The molecule has 2 heterocycles. The van der Waals surface area contributed by atoms with E-state index < -0.39 is 12.1 Å². The number of hydrogen-bond donors (Lipinski definition) is 3. The zero-order valence-electron chi connectivity index (χ0n) is 12.8. The highest BCUT2D eigenvalue weighted by Crippen LogP contribution is 2.18. The number of amides is 2. The van der Waals surface area contributed by atoms with Crippen LogP contribution in [-0.4, -0.2) is 51.9 Å². The highest BCUT2D eigenvalue weighted by molar-refractivity contribution is 5.90. The quantitative estimate of drug-likeness (QED) is 0.642. The number of imidazole rings is 1. The number of hydrogen-bond acceptors (Lipinski definition) is 4. The molecular weight excluding hydrogens is 282 g/mol. The Bertz CT molecular complexity index is 526. The minimum absolute atomic E-state index is 0.113. The minimum atomic E-state index is -0.663. The lowest BCUT2D eigenvalue weighted by atomic mass is 10.1. The summed E-state index contributed by atoms with van der Waals surface area (Å²) >= 11 is 0. The molecule has 1 aromatic heterocycles. The fourth-order valence-corrected chi connectivity index (χ4v) is 2.63. The van der Waals surface area contributed by atoms with Gasteiger partial charge in [0.05, 0.1) is 12.4 Å². The molecule has 7 nitrogen and oxygen atoms in total. The lowest BCUT2D eigenvalue weighted by Gasteiger charge is -2.26. The van der Waals surface area contributed by atoms with Crippen molar-refractivity contribution in [3.63, 3.8) is 0 Å². The predicted octanol–water partition coefficient (Wildman–Crippen LogP) is -0.0372. The van der Waals surface area contributed by atoms with E-state index in [1.54, 1.807) is 17.4 Å². The maximum absolute atomic E-state index is 12.5. The summed E-state index contributed by atoms with van der Waals surface area (Å²) in [6.07, 6.45) is 8.84. The van der Waals surface area contributed by atoms with Gasteiger partial charge in [-0.15, -0.1) is 0 Å². The van der Waals surface area contributed by atoms with E-state index in [0.29, 0.717) is 25.9 Å². The molecule has 0 radical (unpaired) electrons. The molecule has 120 valence electrons. The van der Waals surface area contributed by atoms with Crippen LogP contribution in [0.25, 0.3) is 0 Å². The van der Waals surface area contributed by atoms with Crippen molar-refractivity contribution in [2.75, 3.05) is 13.1 Å². The van der Waals surface area contributed by atoms with Gasteiger partial charge >= 0.3 is 0 Å². The van der Waals surface area contributed by atoms with Crippen LogP contribution in [0.1, 0.15) is 25.5 Å². The standard InChI is InChI=1S/C15H23N5O2/c1-2-3-6-18-14(21)13-5-4-7-20(13)15(22)12(16)8-11-9-17-10-19-11/h2-3,9-10,12-13H,4-8,16H2,1H3,(H,17,19)(H,18,21)/t12-,13-/m0/s1. The molecule has 0 aromatic carbocycles. The summed E-state index contributed by atoms with van der Waals surface area (Å²) in [5.74, 6) is -0.295. The smallest absolute Gasteiger partial charge is 0.243 e. The van der Waals surface area contributed by atoms with Crippen LogP contribution in [0.4, 0.5) is 0 Å². The van der Waals surface area contributed by atoms with E-state index in [0.717, 1.165) is 12.1 Å². The number of aromatic amines is 1. The number of allylic oxidation sites excluding steroid dienone is 1. The molecule has 2 atom stereocenters. The number of carbonyl (C=O) groups excluding carboxylic acids is 2. The number of H-pyrrole nitrogens is 1. The van der Waals surface area contributed by atoms with Gasteiger partial charge in [0.2, 0.25) is 11.8 Å². The van der Waals surface area contributed by atoms with Crippen molar-refractivity contribution in [1.82, 2.24) is 20.2 Å². The predicted molar refractivity (Wildman–Crippen MR) is 82.8 cm³/mol. The highest BCUT2D eigenvalue weighted by atomic mass is 16.2. The first-order valence-corrected chi connectivity index (χ1v) is 7.55. The van der Waals surface area contributed by atoms with Crippen molar-refractivity contribution in [2.24, 2.45) is 5.73 Å². The Morgan fingerprint density at radius 1 is 1.64 bits per heavy atom. The largest absolute Gasteiger partial charge is 0.351 e. The Morgan fingerprint density at radius 3 is 3.14 bits per heavy atom. The van der Waals surface area contributed by atoms with Crippen molar-refractivity contribution in [1.29, 1.82) is 0 Å². The average Bonchev–Trinajstić information content (AvgIpc) is 3.17. The van der Waals surface area contributed by atoms with Gasteiger partial charge in [-0.25, -0.2) is 4.98 Å². The maximum atomic E-state index is 12.5. The third-order valence-electron chi connectivity index (χ3n) is 3.78.